The fourth-order valence-corrected chi connectivity index (χ4v) is 1.07. The highest BCUT2D eigenvalue weighted by Crippen LogP contribution is 2.09. The average Bonchev–Trinajstić information content (AvgIpc) is 2.29. The lowest BCUT2D eigenvalue weighted by molar-refractivity contribution is -0.129. The molecule has 0 atom stereocenters. The number of aliphatic hydroxyl groups excluding tert-OH is 1. The van der Waals surface area contributed by atoms with E-state index in [0.717, 1.165) is 0 Å². The Labute approximate surface area is 94.7 Å². The molecule has 1 N–H and O–H groups in total. The molecule has 0 saturated carbocycles. The second-order valence-electron chi connectivity index (χ2n) is 3.53. The molecule has 0 spiro atoms. The predicted molar refractivity (Wildman–Crippen MR) is 59.0 cm³/mol. The van der Waals surface area contributed by atoms with Crippen LogP contribution in [0, 0.1) is 0 Å². The van der Waals surface area contributed by atoms with Gasteiger partial charge in [-0.1, -0.05) is 0 Å². The number of amides is 1. The number of ether oxygens (including phenoxy) is 1. The summed E-state index contributed by atoms with van der Waals surface area (Å²) >= 11 is 0. The third kappa shape index (κ3) is 3.86. The molecule has 1 heterocycles. The molecule has 1 aromatic rings. The molecule has 88 valence electrons. The van der Waals surface area contributed by atoms with Crippen molar-refractivity contribution in [2.45, 2.75) is 13.0 Å². The minimum atomic E-state index is -0.0839. The van der Waals surface area contributed by atoms with Crippen LogP contribution in [0.15, 0.2) is 18.3 Å². The summed E-state index contributed by atoms with van der Waals surface area (Å²) in [4.78, 5) is 16.7. The molecule has 0 fully saturated rings. The third-order valence-electron chi connectivity index (χ3n) is 2.04. The molecule has 5 nitrogen and oxygen atoms in total. The van der Waals surface area contributed by atoms with Gasteiger partial charge in [0.15, 0.2) is 0 Å². The second-order valence-corrected chi connectivity index (χ2v) is 3.53. The van der Waals surface area contributed by atoms with Crippen LogP contribution in [-0.2, 0) is 11.4 Å². The van der Waals surface area contributed by atoms with Crippen LogP contribution in [0.2, 0.25) is 0 Å². The van der Waals surface area contributed by atoms with Gasteiger partial charge < -0.3 is 14.7 Å². The SMILES string of the molecule is CN(C)C(=O)CCOc1ccc(CO)nc1. The number of aliphatic hydroxyl groups is 1. The van der Waals surface area contributed by atoms with Crippen LogP contribution in [0.1, 0.15) is 12.1 Å². The summed E-state index contributed by atoms with van der Waals surface area (Å²) in [5, 5.41) is 8.78. The number of rotatable bonds is 5. The van der Waals surface area contributed by atoms with Gasteiger partial charge in [-0.15, -0.1) is 0 Å². The van der Waals surface area contributed by atoms with E-state index in [9.17, 15) is 4.79 Å². The van der Waals surface area contributed by atoms with E-state index in [1.54, 1.807) is 26.2 Å². The molecule has 0 aliphatic carbocycles. The first-order valence-electron chi connectivity index (χ1n) is 5.02. The number of carbonyl (C=O) groups excluding carboxylic acids is 1. The molecular formula is C11H16N2O3. The highest BCUT2D eigenvalue weighted by Gasteiger charge is 2.03. The molecule has 5 heteroatoms. The molecule has 0 unspecified atom stereocenters. The van der Waals surface area contributed by atoms with Gasteiger partial charge in [0, 0.05) is 14.1 Å². The monoisotopic (exact) mass is 224 g/mol. The Morgan fingerprint density at radius 2 is 2.25 bits per heavy atom. The second kappa shape index (κ2) is 6.07. The van der Waals surface area contributed by atoms with Gasteiger partial charge in [0.1, 0.15) is 5.75 Å². The lowest BCUT2D eigenvalue weighted by Gasteiger charge is -2.10. The molecular weight excluding hydrogens is 208 g/mol. The summed E-state index contributed by atoms with van der Waals surface area (Å²) < 4.78 is 5.33. The maximum Gasteiger partial charge on any atom is 0.225 e. The topological polar surface area (TPSA) is 62.7 Å². The van der Waals surface area contributed by atoms with Crippen molar-refractivity contribution in [2.75, 3.05) is 20.7 Å². The largest absolute Gasteiger partial charge is 0.491 e. The number of pyridine rings is 1. The van der Waals surface area contributed by atoms with Crippen molar-refractivity contribution in [2.24, 2.45) is 0 Å². The van der Waals surface area contributed by atoms with Gasteiger partial charge in [-0.2, -0.15) is 0 Å². The molecule has 0 bridgehead atoms. The highest BCUT2D eigenvalue weighted by molar-refractivity contribution is 5.75. The van der Waals surface area contributed by atoms with Crippen molar-refractivity contribution in [3.63, 3.8) is 0 Å². The predicted octanol–water partition coefficient (Wildman–Crippen LogP) is 0.431. The summed E-state index contributed by atoms with van der Waals surface area (Å²) in [6.45, 7) is 0.247. The smallest absolute Gasteiger partial charge is 0.225 e. The quantitative estimate of drug-likeness (QED) is 0.788. The number of nitrogens with zero attached hydrogens (tertiary/aromatic N) is 2. The van der Waals surface area contributed by atoms with Crippen LogP contribution < -0.4 is 4.74 Å². The number of hydrogen-bond donors (Lipinski definition) is 1. The van der Waals surface area contributed by atoms with E-state index >= 15 is 0 Å². The van der Waals surface area contributed by atoms with E-state index in [0.29, 0.717) is 24.5 Å². The fourth-order valence-electron chi connectivity index (χ4n) is 1.07. The van der Waals surface area contributed by atoms with Crippen LogP contribution in [-0.4, -0.2) is 41.6 Å². The zero-order chi connectivity index (χ0) is 12.0. The van der Waals surface area contributed by atoms with Crippen molar-refractivity contribution in [1.29, 1.82) is 0 Å². The van der Waals surface area contributed by atoms with E-state index in [4.69, 9.17) is 9.84 Å². The van der Waals surface area contributed by atoms with Gasteiger partial charge >= 0.3 is 0 Å². The van der Waals surface area contributed by atoms with E-state index in [1.807, 2.05) is 0 Å². The molecule has 0 radical (unpaired) electrons. The average molecular weight is 224 g/mol. The Hall–Kier alpha value is -1.62. The third-order valence-corrected chi connectivity index (χ3v) is 2.04. The summed E-state index contributed by atoms with van der Waals surface area (Å²) in [5.74, 6) is 0.628. The molecule has 0 aliphatic rings. The van der Waals surface area contributed by atoms with Gasteiger partial charge in [0.25, 0.3) is 0 Å². The van der Waals surface area contributed by atoms with Crippen molar-refractivity contribution >= 4 is 5.91 Å². The zero-order valence-electron chi connectivity index (χ0n) is 9.51. The zero-order valence-corrected chi connectivity index (χ0v) is 9.51. The van der Waals surface area contributed by atoms with Gasteiger partial charge in [0.05, 0.1) is 31.5 Å². The maximum absolute atomic E-state index is 11.2. The normalized spacial score (nSPS) is 9.94. The molecule has 0 aromatic carbocycles. The molecule has 0 saturated heterocycles. The van der Waals surface area contributed by atoms with Crippen LogP contribution in [0.4, 0.5) is 0 Å². The minimum Gasteiger partial charge on any atom is -0.491 e. The van der Waals surface area contributed by atoms with Crippen LogP contribution in [0.5, 0.6) is 5.75 Å². The first-order valence-corrected chi connectivity index (χ1v) is 5.02. The molecule has 1 rings (SSSR count). The summed E-state index contributed by atoms with van der Waals surface area (Å²) in [6, 6.07) is 3.40. The molecule has 1 aromatic heterocycles. The Morgan fingerprint density at radius 1 is 1.50 bits per heavy atom. The Morgan fingerprint density at radius 3 is 2.75 bits per heavy atom. The van der Waals surface area contributed by atoms with Gasteiger partial charge in [-0.25, -0.2) is 0 Å². The van der Waals surface area contributed by atoms with Crippen molar-refractivity contribution in [1.82, 2.24) is 9.88 Å². The van der Waals surface area contributed by atoms with Crippen molar-refractivity contribution in [3.05, 3.63) is 24.0 Å². The standard InChI is InChI=1S/C11H16N2O3/c1-13(2)11(15)5-6-16-10-4-3-9(8-14)12-7-10/h3-4,7,14H,5-6,8H2,1-2H3. The minimum absolute atomic E-state index is 0.0277. The van der Waals surface area contributed by atoms with E-state index in [1.165, 1.54) is 11.1 Å². The van der Waals surface area contributed by atoms with Crippen molar-refractivity contribution in [3.8, 4) is 5.75 Å². The van der Waals surface area contributed by atoms with Crippen molar-refractivity contribution < 1.29 is 14.6 Å². The lowest BCUT2D eigenvalue weighted by atomic mass is 10.3. The molecule has 1 amide bonds. The van der Waals surface area contributed by atoms with E-state index in [-0.39, 0.29) is 12.5 Å². The summed E-state index contributed by atoms with van der Waals surface area (Å²) in [7, 11) is 3.42. The summed E-state index contributed by atoms with van der Waals surface area (Å²) in [5.41, 5.74) is 0.594. The van der Waals surface area contributed by atoms with Gasteiger partial charge in [-0.05, 0) is 12.1 Å². The molecule has 0 aliphatic heterocycles. The van der Waals surface area contributed by atoms with E-state index < -0.39 is 0 Å². The van der Waals surface area contributed by atoms with Crippen LogP contribution in [0.25, 0.3) is 0 Å². The number of aromatic nitrogens is 1. The Balaban J connectivity index is 2.34. The summed E-state index contributed by atoms with van der Waals surface area (Å²) in [6.07, 6.45) is 1.88. The highest BCUT2D eigenvalue weighted by atomic mass is 16.5. The maximum atomic E-state index is 11.2. The van der Waals surface area contributed by atoms with Crippen LogP contribution >= 0.6 is 0 Å². The first-order chi connectivity index (χ1) is 7.63. The van der Waals surface area contributed by atoms with Gasteiger partial charge in [-0.3, -0.25) is 9.78 Å². The van der Waals surface area contributed by atoms with Gasteiger partial charge in [0.2, 0.25) is 5.91 Å². The number of hydrogen-bond acceptors (Lipinski definition) is 4. The number of carbonyl (C=O) groups is 1. The molecule has 16 heavy (non-hydrogen) atoms. The van der Waals surface area contributed by atoms with Crippen LogP contribution in [0.3, 0.4) is 0 Å². The Kier molecular flexibility index (Phi) is 4.72. The lowest BCUT2D eigenvalue weighted by Crippen LogP contribution is -2.23. The fraction of sp³-hybridized carbons (Fsp3) is 0.455. The first kappa shape index (κ1) is 12.4. The Bertz CT molecular complexity index is 336. The van der Waals surface area contributed by atoms with E-state index in [2.05, 4.69) is 4.98 Å².